The first kappa shape index (κ1) is 12.7. The number of nitrogens with zero attached hydrogens (tertiary/aromatic N) is 4. The Morgan fingerprint density at radius 1 is 1.29 bits per heavy atom. The van der Waals surface area contributed by atoms with Crippen LogP contribution in [0, 0.1) is 10.1 Å². The topological polar surface area (TPSA) is 102 Å². The van der Waals surface area contributed by atoms with E-state index in [1.807, 2.05) is 0 Å². The fourth-order valence-corrected chi connectivity index (χ4v) is 1.92. The van der Waals surface area contributed by atoms with Crippen LogP contribution in [-0.4, -0.2) is 25.4 Å². The highest BCUT2D eigenvalue weighted by molar-refractivity contribution is 6.08. The lowest BCUT2D eigenvalue weighted by Crippen LogP contribution is -2.13. The fourth-order valence-electron chi connectivity index (χ4n) is 1.92. The number of hydrogen-bond donors (Lipinski definition) is 1. The van der Waals surface area contributed by atoms with Crippen molar-refractivity contribution < 1.29 is 9.72 Å². The number of anilines is 1. The molecule has 1 amide bonds. The highest BCUT2D eigenvalue weighted by Gasteiger charge is 2.18. The molecule has 3 aromatic rings. The van der Waals surface area contributed by atoms with Crippen LogP contribution in [-0.2, 0) is 0 Å². The molecule has 0 aliphatic carbocycles. The molecule has 1 N–H and O–H groups in total. The molecule has 8 nitrogen and oxygen atoms in total. The summed E-state index contributed by atoms with van der Waals surface area (Å²) in [5.74, 6) is -0.502. The lowest BCUT2D eigenvalue weighted by molar-refractivity contribution is -0.383. The third-order valence-electron chi connectivity index (χ3n) is 2.87. The van der Waals surface area contributed by atoms with Gasteiger partial charge >= 0.3 is 0 Å². The number of para-hydroxylation sites is 2. The highest BCUT2D eigenvalue weighted by atomic mass is 16.6. The Bertz CT molecular complexity index is 842. The van der Waals surface area contributed by atoms with Crippen molar-refractivity contribution in [3.63, 3.8) is 0 Å². The largest absolute Gasteiger partial charge is 0.316 e. The molecule has 0 aliphatic heterocycles. The van der Waals surface area contributed by atoms with Crippen LogP contribution in [0.5, 0.6) is 0 Å². The minimum Gasteiger partial charge on any atom is -0.316 e. The van der Waals surface area contributed by atoms with Crippen LogP contribution in [0.3, 0.4) is 0 Å². The molecule has 1 aromatic carbocycles. The Kier molecular flexibility index (Phi) is 3.03. The van der Waals surface area contributed by atoms with E-state index in [0.29, 0.717) is 5.65 Å². The van der Waals surface area contributed by atoms with Gasteiger partial charge in [-0.2, -0.15) is 5.10 Å². The number of carbonyl (C=O) groups excluding carboxylic acids is 1. The van der Waals surface area contributed by atoms with Crippen molar-refractivity contribution in [2.75, 3.05) is 5.32 Å². The number of fused-ring (bicyclic) bond motifs is 1. The van der Waals surface area contributed by atoms with Crippen LogP contribution in [0.1, 0.15) is 10.4 Å². The number of benzene rings is 1. The van der Waals surface area contributed by atoms with Crippen molar-refractivity contribution in [3.05, 3.63) is 64.6 Å². The summed E-state index contributed by atoms with van der Waals surface area (Å²) < 4.78 is 1.45. The number of nitro groups is 1. The second kappa shape index (κ2) is 5.00. The van der Waals surface area contributed by atoms with Gasteiger partial charge in [-0.3, -0.25) is 14.9 Å². The Hall–Kier alpha value is -3.29. The average molecular weight is 283 g/mol. The molecule has 0 saturated heterocycles. The van der Waals surface area contributed by atoms with E-state index in [2.05, 4.69) is 15.4 Å². The number of nitro benzene ring substituents is 1. The zero-order valence-electron chi connectivity index (χ0n) is 10.6. The van der Waals surface area contributed by atoms with Crippen LogP contribution in [0.15, 0.2) is 48.9 Å². The summed E-state index contributed by atoms with van der Waals surface area (Å²) in [6, 6.07) is 7.62. The summed E-state index contributed by atoms with van der Waals surface area (Å²) in [6.45, 7) is 0. The first-order valence-corrected chi connectivity index (χ1v) is 6.00. The molecule has 8 heteroatoms. The maximum absolute atomic E-state index is 12.2. The van der Waals surface area contributed by atoms with E-state index >= 15 is 0 Å². The Balaban J connectivity index is 1.96. The van der Waals surface area contributed by atoms with Crippen LogP contribution >= 0.6 is 0 Å². The zero-order chi connectivity index (χ0) is 14.8. The first-order valence-electron chi connectivity index (χ1n) is 6.00. The molecule has 0 radical (unpaired) electrons. The molecule has 0 atom stereocenters. The number of amides is 1. The van der Waals surface area contributed by atoms with Crippen LogP contribution < -0.4 is 5.32 Å². The number of rotatable bonds is 3. The molecule has 0 fully saturated rings. The summed E-state index contributed by atoms with van der Waals surface area (Å²) in [6.07, 6.45) is 4.56. The highest BCUT2D eigenvalue weighted by Crippen LogP contribution is 2.24. The summed E-state index contributed by atoms with van der Waals surface area (Å²) in [7, 11) is 0. The van der Waals surface area contributed by atoms with Crippen molar-refractivity contribution in [1.29, 1.82) is 0 Å². The van der Waals surface area contributed by atoms with Gasteiger partial charge in [0.1, 0.15) is 11.3 Å². The van der Waals surface area contributed by atoms with E-state index in [1.54, 1.807) is 24.5 Å². The van der Waals surface area contributed by atoms with Gasteiger partial charge in [-0.25, -0.2) is 9.50 Å². The normalized spacial score (nSPS) is 10.5. The molecule has 0 unspecified atom stereocenters. The molecule has 21 heavy (non-hydrogen) atoms. The number of carbonyl (C=O) groups is 1. The smallest absolute Gasteiger partial charge is 0.292 e. The number of aromatic nitrogens is 3. The third kappa shape index (κ3) is 2.29. The second-order valence-electron chi connectivity index (χ2n) is 4.17. The lowest BCUT2D eigenvalue weighted by atomic mass is 10.2. The Morgan fingerprint density at radius 3 is 2.90 bits per heavy atom. The molecule has 0 bridgehead atoms. The fraction of sp³-hybridized carbons (Fsp3) is 0. The van der Waals surface area contributed by atoms with E-state index in [-0.39, 0.29) is 16.9 Å². The maximum Gasteiger partial charge on any atom is 0.292 e. The van der Waals surface area contributed by atoms with Gasteiger partial charge in [0, 0.05) is 18.5 Å². The Labute approximate surface area is 118 Å². The van der Waals surface area contributed by atoms with Gasteiger partial charge in [0.25, 0.3) is 11.6 Å². The molecule has 2 aromatic heterocycles. The molecular weight excluding hydrogens is 274 g/mol. The standard InChI is InChI=1S/C13H9N5O3/c19-13(9-8-15-17-7-3-6-14-12(9)17)16-10-4-1-2-5-11(10)18(20)21/h1-8H,(H,16,19). The molecular formula is C13H9N5O3. The quantitative estimate of drug-likeness (QED) is 0.584. The van der Waals surface area contributed by atoms with E-state index in [9.17, 15) is 14.9 Å². The molecule has 0 spiro atoms. The molecule has 2 heterocycles. The summed E-state index contributed by atoms with van der Waals surface area (Å²) in [5.41, 5.74) is 0.584. The van der Waals surface area contributed by atoms with E-state index in [4.69, 9.17) is 0 Å². The first-order chi connectivity index (χ1) is 10.2. The van der Waals surface area contributed by atoms with Crippen molar-refractivity contribution in [2.45, 2.75) is 0 Å². The predicted octanol–water partition coefficient (Wildman–Crippen LogP) is 1.89. The third-order valence-corrected chi connectivity index (χ3v) is 2.87. The van der Waals surface area contributed by atoms with Gasteiger partial charge < -0.3 is 5.32 Å². The SMILES string of the molecule is O=C(Nc1ccccc1[N+](=O)[O-])c1cnn2cccnc12. The van der Waals surface area contributed by atoms with Crippen molar-refractivity contribution in [1.82, 2.24) is 14.6 Å². The monoisotopic (exact) mass is 283 g/mol. The van der Waals surface area contributed by atoms with Gasteiger partial charge in [-0.15, -0.1) is 0 Å². The summed E-state index contributed by atoms with van der Waals surface area (Å²) >= 11 is 0. The molecule has 104 valence electrons. The molecule has 0 saturated carbocycles. The number of nitrogens with one attached hydrogen (secondary N) is 1. The summed E-state index contributed by atoms with van der Waals surface area (Å²) in [4.78, 5) is 26.7. The van der Waals surface area contributed by atoms with Crippen molar-refractivity contribution >= 4 is 22.9 Å². The lowest BCUT2D eigenvalue weighted by Gasteiger charge is -2.04. The van der Waals surface area contributed by atoms with Gasteiger partial charge in [0.15, 0.2) is 5.65 Å². The molecule has 0 aliphatic rings. The van der Waals surface area contributed by atoms with Crippen LogP contribution in [0.2, 0.25) is 0 Å². The van der Waals surface area contributed by atoms with Gasteiger partial charge in [0.05, 0.1) is 11.1 Å². The van der Waals surface area contributed by atoms with Crippen LogP contribution in [0.4, 0.5) is 11.4 Å². The Morgan fingerprint density at radius 2 is 2.10 bits per heavy atom. The van der Waals surface area contributed by atoms with Crippen molar-refractivity contribution in [3.8, 4) is 0 Å². The summed E-state index contributed by atoms with van der Waals surface area (Å²) in [5, 5.41) is 17.4. The van der Waals surface area contributed by atoms with E-state index in [0.717, 1.165) is 0 Å². The maximum atomic E-state index is 12.2. The van der Waals surface area contributed by atoms with Crippen LogP contribution in [0.25, 0.3) is 5.65 Å². The average Bonchev–Trinajstić information content (AvgIpc) is 2.91. The minimum absolute atomic E-state index is 0.128. The number of hydrogen-bond acceptors (Lipinski definition) is 5. The predicted molar refractivity (Wildman–Crippen MR) is 74.0 cm³/mol. The zero-order valence-corrected chi connectivity index (χ0v) is 10.6. The van der Waals surface area contributed by atoms with E-state index < -0.39 is 10.8 Å². The van der Waals surface area contributed by atoms with Gasteiger partial charge in [-0.1, -0.05) is 12.1 Å². The van der Waals surface area contributed by atoms with Crippen molar-refractivity contribution in [2.24, 2.45) is 0 Å². The molecule has 3 rings (SSSR count). The second-order valence-corrected chi connectivity index (χ2v) is 4.17. The van der Waals surface area contributed by atoms with Gasteiger partial charge in [0.2, 0.25) is 0 Å². The van der Waals surface area contributed by atoms with Gasteiger partial charge in [-0.05, 0) is 12.1 Å². The van der Waals surface area contributed by atoms with E-state index in [1.165, 1.54) is 28.9 Å². The minimum atomic E-state index is -0.552.